The molecule has 0 fully saturated rings. The summed E-state index contributed by atoms with van der Waals surface area (Å²) in [6, 6.07) is 7.26. The van der Waals surface area contributed by atoms with Gasteiger partial charge in [0.1, 0.15) is 5.75 Å². The molecule has 1 aliphatic rings. The van der Waals surface area contributed by atoms with Crippen LogP contribution in [0.1, 0.15) is 6.42 Å². The quantitative estimate of drug-likeness (QED) is 0.666. The van der Waals surface area contributed by atoms with Crippen LogP contribution < -0.4 is 10.1 Å². The molecule has 0 amide bonds. The van der Waals surface area contributed by atoms with E-state index in [1.807, 2.05) is 30.3 Å². The van der Waals surface area contributed by atoms with Crippen LogP contribution in [-0.2, 0) is 4.79 Å². The van der Waals surface area contributed by atoms with E-state index in [0.29, 0.717) is 23.5 Å². The van der Waals surface area contributed by atoms with Crippen molar-refractivity contribution in [1.29, 1.82) is 0 Å². The summed E-state index contributed by atoms with van der Waals surface area (Å²) in [5, 5.41) is 20.4. The van der Waals surface area contributed by atoms with Gasteiger partial charge >= 0.3 is 5.97 Å². The monoisotopic (exact) mass is 352 g/mol. The van der Waals surface area contributed by atoms with Crippen molar-refractivity contribution in [3.05, 3.63) is 42.6 Å². The van der Waals surface area contributed by atoms with Crippen LogP contribution in [-0.4, -0.2) is 49.2 Å². The zero-order valence-electron chi connectivity index (χ0n) is 13.9. The van der Waals surface area contributed by atoms with Gasteiger partial charge < -0.3 is 15.2 Å². The maximum Gasteiger partial charge on any atom is 0.310 e. The molecule has 132 valence electrons. The minimum absolute atomic E-state index is 0.126. The zero-order chi connectivity index (χ0) is 18.1. The lowest BCUT2D eigenvalue weighted by atomic mass is 10.1. The standard InChI is InChI=1S/C17H16N6O3/c1-26-13-6-4-12(5-7-13)23-15-14(21-22-23)9-18-17(20-15)19-11-3-2-10(8-11)16(24)25/h2-7,9-11H,8H2,1H3,(H,24,25)(H,18,19,20). The third-order valence-corrected chi connectivity index (χ3v) is 4.22. The first kappa shape index (κ1) is 16.0. The van der Waals surface area contributed by atoms with Gasteiger partial charge in [-0.2, -0.15) is 9.67 Å². The Balaban J connectivity index is 1.60. The lowest BCUT2D eigenvalue weighted by Gasteiger charge is -2.11. The summed E-state index contributed by atoms with van der Waals surface area (Å²) in [5.74, 6) is -0.169. The van der Waals surface area contributed by atoms with Gasteiger partial charge in [0, 0.05) is 6.04 Å². The van der Waals surface area contributed by atoms with Gasteiger partial charge in [-0.1, -0.05) is 17.4 Å². The fraction of sp³-hybridized carbons (Fsp3) is 0.235. The third kappa shape index (κ3) is 2.94. The first-order valence-corrected chi connectivity index (χ1v) is 8.04. The highest BCUT2D eigenvalue weighted by atomic mass is 16.5. The fourth-order valence-corrected chi connectivity index (χ4v) is 2.85. The molecule has 4 rings (SSSR count). The van der Waals surface area contributed by atoms with E-state index >= 15 is 0 Å². The van der Waals surface area contributed by atoms with Crippen molar-refractivity contribution >= 4 is 23.1 Å². The Hall–Kier alpha value is -3.49. The van der Waals surface area contributed by atoms with E-state index in [-0.39, 0.29) is 6.04 Å². The van der Waals surface area contributed by atoms with E-state index in [1.54, 1.807) is 24.1 Å². The Kier molecular flexibility index (Phi) is 3.96. The number of methoxy groups -OCH3 is 1. The number of carbonyl (C=O) groups is 1. The molecule has 0 aliphatic heterocycles. The molecule has 0 saturated heterocycles. The Morgan fingerprint density at radius 1 is 1.31 bits per heavy atom. The topological polar surface area (TPSA) is 115 Å². The molecule has 0 bridgehead atoms. The van der Waals surface area contributed by atoms with Crippen molar-refractivity contribution < 1.29 is 14.6 Å². The van der Waals surface area contributed by atoms with Crippen LogP contribution in [0.3, 0.4) is 0 Å². The summed E-state index contributed by atoms with van der Waals surface area (Å²) in [5.41, 5.74) is 1.92. The van der Waals surface area contributed by atoms with Gasteiger partial charge in [0.2, 0.25) is 5.95 Å². The predicted octanol–water partition coefficient (Wildman–Crippen LogP) is 1.66. The summed E-state index contributed by atoms with van der Waals surface area (Å²) >= 11 is 0. The van der Waals surface area contributed by atoms with Gasteiger partial charge in [0.25, 0.3) is 0 Å². The fourth-order valence-electron chi connectivity index (χ4n) is 2.85. The molecule has 2 aromatic heterocycles. The largest absolute Gasteiger partial charge is 0.497 e. The smallest absolute Gasteiger partial charge is 0.310 e. The SMILES string of the molecule is COc1ccc(-n2nnc3cnc(NC4C=CC(C(=O)O)C4)nc32)cc1. The van der Waals surface area contributed by atoms with Gasteiger partial charge in [-0.25, -0.2) is 4.98 Å². The Morgan fingerprint density at radius 3 is 2.81 bits per heavy atom. The molecular formula is C17H16N6O3. The summed E-state index contributed by atoms with van der Waals surface area (Å²) < 4.78 is 6.78. The number of anilines is 1. The van der Waals surface area contributed by atoms with Gasteiger partial charge in [0.05, 0.1) is 24.9 Å². The van der Waals surface area contributed by atoms with Crippen LogP contribution in [0.2, 0.25) is 0 Å². The van der Waals surface area contributed by atoms with Crippen LogP contribution in [0.15, 0.2) is 42.6 Å². The van der Waals surface area contributed by atoms with Crippen molar-refractivity contribution in [3.8, 4) is 11.4 Å². The lowest BCUT2D eigenvalue weighted by Crippen LogP contribution is -2.20. The number of rotatable bonds is 5. The van der Waals surface area contributed by atoms with Crippen LogP contribution in [0.4, 0.5) is 5.95 Å². The van der Waals surface area contributed by atoms with E-state index in [1.165, 1.54) is 0 Å². The second-order valence-corrected chi connectivity index (χ2v) is 5.92. The van der Waals surface area contributed by atoms with Crippen LogP contribution in [0, 0.1) is 5.92 Å². The van der Waals surface area contributed by atoms with Crippen molar-refractivity contribution in [3.63, 3.8) is 0 Å². The number of fused-ring (bicyclic) bond motifs is 1. The molecule has 0 spiro atoms. The highest BCUT2D eigenvalue weighted by Gasteiger charge is 2.25. The van der Waals surface area contributed by atoms with E-state index in [9.17, 15) is 4.79 Å². The first-order valence-electron chi connectivity index (χ1n) is 8.04. The van der Waals surface area contributed by atoms with Gasteiger partial charge in [-0.15, -0.1) is 5.10 Å². The van der Waals surface area contributed by atoms with Gasteiger partial charge in [-0.05, 0) is 30.7 Å². The number of aromatic nitrogens is 5. The van der Waals surface area contributed by atoms with Gasteiger partial charge in [0.15, 0.2) is 11.2 Å². The summed E-state index contributed by atoms with van der Waals surface area (Å²) in [6.07, 6.45) is 5.56. The normalized spacial score (nSPS) is 19.0. The highest BCUT2D eigenvalue weighted by Crippen LogP contribution is 2.22. The average Bonchev–Trinajstić information content (AvgIpc) is 3.29. The second-order valence-electron chi connectivity index (χ2n) is 5.92. The van der Waals surface area contributed by atoms with E-state index in [2.05, 4.69) is 25.6 Å². The number of carboxylic acids is 1. The molecule has 2 heterocycles. The van der Waals surface area contributed by atoms with E-state index < -0.39 is 11.9 Å². The van der Waals surface area contributed by atoms with Gasteiger partial charge in [-0.3, -0.25) is 4.79 Å². The van der Waals surface area contributed by atoms with Crippen molar-refractivity contribution in [2.75, 3.05) is 12.4 Å². The molecule has 0 saturated carbocycles. The molecule has 9 heteroatoms. The molecule has 2 atom stereocenters. The molecule has 3 aromatic rings. The molecular weight excluding hydrogens is 336 g/mol. The van der Waals surface area contributed by atoms with Crippen molar-refractivity contribution in [1.82, 2.24) is 25.0 Å². The van der Waals surface area contributed by atoms with Crippen LogP contribution in [0.25, 0.3) is 16.9 Å². The van der Waals surface area contributed by atoms with Crippen LogP contribution in [0.5, 0.6) is 5.75 Å². The van der Waals surface area contributed by atoms with Crippen molar-refractivity contribution in [2.45, 2.75) is 12.5 Å². The third-order valence-electron chi connectivity index (χ3n) is 4.22. The maximum absolute atomic E-state index is 11.0. The zero-order valence-corrected chi connectivity index (χ0v) is 13.9. The Labute approximate surface area is 148 Å². The minimum Gasteiger partial charge on any atom is -0.497 e. The number of carboxylic acid groups (broad SMARTS) is 1. The maximum atomic E-state index is 11.0. The number of hydrogen-bond acceptors (Lipinski definition) is 7. The molecule has 26 heavy (non-hydrogen) atoms. The first-order chi connectivity index (χ1) is 12.6. The second kappa shape index (κ2) is 6.43. The van der Waals surface area contributed by atoms with E-state index in [0.717, 1.165) is 11.4 Å². The molecule has 0 radical (unpaired) electrons. The average molecular weight is 352 g/mol. The highest BCUT2D eigenvalue weighted by molar-refractivity contribution is 5.74. The Bertz CT molecular complexity index is 982. The summed E-state index contributed by atoms with van der Waals surface area (Å²) in [6.45, 7) is 0. The van der Waals surface area contributed by atoms with E-state index in [4.69, 9.17) is 9.84 Å². The molecule has 1 aliphatic carbocycles. The lowest BCUT2D eigenvalue weighted by molar-refractivity contribution is -0.140. The summed E-state index contributed by atoms with van der Waals surface area (Å²) in [7, 11) is 1.61. The Morgan fingerprint density at radius 2 is 2.12 bits per heavy atom. The number of nitrogens with one attached hydrogen (secondary N) is 1. The minimum atomic E-state index is -0.830. The van der Waals surface area contributed by atoms with Crippen LogP contribution >= 0.6 is 0 Å². The number of hydrogen-bond donors (Lipinski definition) is 2. The molecule has 9 nitrogen and oxygen atoms in total. The number of ether oxygens (including phenoxy) is 1. The molecule has 1 aromatic carbocycles. The molecule has 2 N–H and O–H groups in total. The number of nitrogens with zero attached hydrogens (tertiary/aromatic N) is 5. The number of benzene rings is 1. The predicted molar refractivity (Wildman–Crippen MR) is 93.3 cm³/mol. The summed E-state index contributed by atoms with van der Waals surface area (Å²) in [4.78, 5) is 19.8. The molecule has 2 unspecified atom stereocenters. The van der Waals surface area contributed by atoms with Crippen molar-refractivity contribution in [2.24, 2.45) is 5.92 Å². The number of aliphatic carboxylic acids is 1.